The zero-order valence-corrected chi connectivity index (χ0v) is 7.10. The Balaban J connectivity index is -0.000000101. The van der Waals surface area contributed by atoms with Crippen LogP contribution in [0.1, 0.15) is 2.85 Å². The van der Waals surface area contributed by atoms with Gasteiger partial charge in [-0.3, -0.25) is 0 Å². The number of aromatic hydroxyl groups is 1. The third-order valence-corrected chi connectivity index (χ3v) is 1.05. The van der Waals surface area contributed by atoms with Crippen molar-refractivity contribution in [2.45, 2.75) is 0 Å². The van der Waals surface area contributed by atoms with E-state index in [0.717, 1.165) is 0 Å². The third kappa shape index (κ3) is 3.20. The van der Waals surface area contributed by atoms with E-state index in [1.54, 1.807) is 6.07 Å². The highest BCUT2D eigenvalue weighted by Crippen LogP contribution is 2.20. The Hall–Kier alpha value is -0.800. The summed E-state index contributed by atoms with van der Waals surface area (Å²) >= 11 is 0. The van der Waals surface area contributed by atoms with E-state index in [4.69, 9.17) is 16.6 Å². The summed E-state index contributed by atoms with van der Waals surface area (Å²) in [5.74, 6) is 0.0733. The van der Waals surface area contributed by atoms with Crippen LogP contribution < -0.4 is 36.3 Å². The summed E-state index contributed by atoms with van der Waals surface area (Å²) in [7, 11) is 0. The molecule has 0 saturated carbocycles. The number of nitrogens with two attached hydrogens (primary N) is 2. The van der Waals surface area contributed by atoms with Crippen LogP contribution >= 0.6 is 0 Å². The molecule has 0 aliphatic heterocycles. The lowest BCUT2D eigenvalue weighted by molar-refractivity contribution is -0.00100. The van der Waals surface area contributed by atoms with Gasteiger partial charge >= 0.3 is 2.85 Å². The van der Waals surface area contributed by atoms with Crippen molar-refractivity contribution in [2.24, 2.45) is 0 Å². The number of rotatable bonds is 0. The van der Waals surface area contributed by atoms with Crippen LogP contribution in [0, 0.1) is 0 Å². The van der Waals surface area contributed by atoms with Crippen LogP contribution in [0.5, 0.6) is 5.75 Å². The topological polar surface area (TPSA) is 72.3 Å². The van der Waals surface area contributed by atoms with Crippen molar-refractivity contribution in [3.63, 3.8) is 0 Å². The van der Waals surface area contributed by atoms with Crippen molar-refractivity contribution in [1.82, 2.24) is 0 Å². The van der Waals surface area contributed by atoms with E-state index in [1.807, 2.05) is 0 Å². The first-order valence-electron chi connectivity index (χ1n) is 2.54. The lowest BCUT2D eigenvalue weighted by Gasteiger charge is -1.97. The van der Waals surface area contributed by atoms with Gasteiger partial charge < -0.3 is 41.4 Å². The van der Waals surface area contributed by atoms with Crippen LogP contribution in [0.2, 0.25) is 0 Å². The molecule has 0 aliphatic rings. The Morgan fingerprint density at radius 2 is 1.73 bits per heavy atom. The summed E-state index contributed by atoms with van der Waals surface area (Å²) in [4.78, 5) is 0. The normalized spacial score (nSPS) is 7.64. The first-order valence-corrected chi connectivity index (χ1v) is 2.54. The second-order valence-corrected chi connectivity index (χ2v) is 1.82. The summed E-state index contributed by atoms with van der Waals surface area (Å²) < 4.78 is 0. The molecule has 1 aromatic carbocycles. The molecule has 1 aromatic rings. The van der Waals surface area contributed by atoms with E-state index in [0.29, 0.717) is 11.4 Å². The second kappa shape index (κ2) is 4.93. The number of halogens is 2. The Kier molecular flexibility index (Phi) is 5.76. The van der Waals surface area contributed by atoms with E-state index in [1.165, 1.54) is 12.1 Å². The van der Waals surface area contributed by atoms with Gasteiger partial charge in [0.25, 0.3) is 0 Å². The Labute approximate surface area is 80.2 Å². The first kappa shape index (κ1) is 12.8. The second-order valence-electron chi connectivity index (χ2n) is 1.82. The molecular formula is C6H10Cl2N2O. The quantitative estimate of drug-likeness (QED) is 0.221. The highest BCUT2D eigenvalue weighted by Gasteiger charge is 1.93. The first-order chi connectivity index (χ1) is 4.20. The summed E-state index contributed by atoms with van der Waals surface area (Å²) in [6.07, 6.45) is 0. The minimum absolute atomic E-state index is 0. The number of benzene rings is 1. The summed E-state index contributed by atoms with van der Waals surface area (Å²) in [5, 5.41) is 8.86. The van der Waals surface area contributed by atoms with Crippen LogP contribution in [0.4, 0.5) is 11.4 Å². The molecule has 0 aliphatic carbocycles. The summed E-state index contributed by atoms with van der Waals surface area (Å²) in [6.45, 7) is 0. The molecule has 5 N–H and O–H groups in total. The van der Waals surface area contributed by atoms with Gasteiger partial charge in [-0.1, -0.05) is 0 Å². The third-order valence-electron chi connectivity index (χ3n) is 1.05. The van der Waals surface area contributed by atoms with Crippen LogP contribution in [-0.4, -0.2) is 5.11 Å². The molecule has 0 bridgehead atoms. The molecule has 0 spiro atoms. The smallest absolute Gasteiger partial charge is 1.00 e. The Bertz CT molecular complexity index is 238. The van der Waals surface area contributed by atoms with Crippen LogP contribution in [0.15, 0.2) is 18.2 Å². The number of phenols is 1. The molecule has 64 valence electrons. The molecule has 0 atom stereocenters. The SMILES string of the molecule is Nc1ccc(O)c(N)c1.[Cl-].[Cl-].[H+].[H+]. The minimum atomic E-state index is 0. The fourth-order valence-electron chi connectivity index (χ4n) is 0.573. The maximum absolute atomic E-state index is 8.86. The molecule has 0 saturated heterocycles. The average Bonchev–Trinajstić information content (AvgIpc) is 1.80. The molecule has 3 nitrogen and oxygen atoms in total. The molecule has 0 unspecified atom stereocenters. The molecule has 0 radical (unpaired) electrons. The van der Waals surface area contributed by atoms with Crippen molar-refractivity contribution >= 4 is 11.4 Å². The Morgan fingerprint density at radius 1 is 1.18 bits per heavy atom. The van der Waals surface area contributed by atoms with Crippen molar-refractivity contribution < 1.29 is 32.8 Å². The van der Waals surface area contributed by atoms with E-state index in [-0.39, 0.29) is 33.4 Å². The fourth-order valence-corrected chi connectivity index (χ4v) is 0.573. The summed E-state index contributed by atoms with van der Waals surface area (Å²) in [5.41, 5.74) is 11.5. The van der Waals surface area contributed by atoms with E-state index < -0.39 is 0 Å². The number of hydrogen-bond donors (Lipinski definition) is 3. The molecule has 5 heteroatoms. The minimum Gasteiger partial charge on any atom is -1.00 e. The number of anilines is 2. The molecule has 0 heterocycles. The molecule has 1 rings (SSSR count). The molecule has 0 fully saturated rings. The highest BCUT2D eigenvalue weighted by atomic mass is 35.5. The summed E-state index contributed by atoms with van der Waals surface area (Å²) in [6, 6.07) is 4.56. The number of phenolic OH excluding ortho intramolecular Hbond substituents is 1. The van der Waals surface area contributed by atoms with E-state index in [9.17, 15) is 0 Å². The molecule has 0 aromatic heterocycles. The monoisotopic (exact) mass is 196 g/mol. The number of nitrogen functional groups attached to an aromatic ring is 2. The Morgan fingerprint density at radius 3 is 2.09 bits per heavy atom. The number of hydrogen-bond acceptors (Lipinski definition) is 3. The van der Waals surface area contributed by atoms with Gasteiger partial charge in [-0.2, -0.15) is 0 Å². The van der Waals surface area contributed by atoms with Crippen molar-refractivity contribution in [1.29, 1.82) is 0 Å². The van der Waals surface area contributed by atoms with Gasteiger partial charge in [0.2, 0.25) is 0 Å². The fraction of sp³-hybridized carbons (Fsp3) is 0. The van der Waals surface area contributed by atoms with Gasteiger partial charge in [0.05, 0.1) is 5.69 Å². The van der Waals surface area contributed by atoms with Crippen LogP contribution in [0.25, 0.3) is 0 Å². The van der Waals surface area contributed by atoms with Crippen molar-refractivity contribution in [3.05, 3.63) is 18.2 Å². The van der Waals surface area contributed by atoms with Gasteiger partial charge in [-0.15, -0.1) is 0 Å². The molecule has 0 amide bonds. The lowest BCUT2D eigenvalue weighted by Crippen LogP contribution is -3.00. The maximum atomic E-state index is 8.86. The van der Waals surface area contributed by atoms with Gasteiger partial charge in [-0.25, -0.2) is 0 Å². The largest absolute Gasteiger partial charge is 1.00 e. The van der Waals surface area contributed by atoms with Crippen LogP contribution in [-0.2, 0) is 0 Å². The lowest BCUT2D eigenvalue weighted by atomic mass is 10.3. The molecular weight excluding hydrogens is 187 g/mol. The van der Waals surface area contributed by atoms with E-state index in [2.05, 4.69) is 0 Å². The predicted octanol–water partition coefficient (Wildman–Crippen LogP) is -5.21. The zero-order chi connectivity index (χ0) is 6.85. The van der Waals surface area contributed by atoms with Crippen molar-refractivity contribution in [2.75, 3.05) is 11.5 Å². The van der Waals surface area contributed by atoms with Crippen molar-refractivity contribution in [3.8, 4) is 5.75 Å². The zero-order valence-electron chi connectivity index (χ0n) is 7.59. The van der Waals surface area contributed by atoms with Gasteiger partial charge in [0.15, 0.2) is 0 Å². The average molecular weight is 197 g/mol. The van der Waals surface area contributed by atoms with Gasteiger partial charge in [0.1, 0.15) is 5.75 Å². The molecule has 11 heavy (non-hydrogen) atoms. The highest BCUT2D eigenvalue weighted by molar-refractivity contribution is 5.59. The van der Waals surface area contributed by atoms with Crippen LogP contribution in [0.3, 0.4) is 0 Å². The van der Waals surface area contributed by atoms with E-state index >= 15 is 0 Å². The van der Waals surface area contributed by atoms with Gasteiger partial charge in [0, 0.05) is 5.69 Å². The predicted molar refractivity (Wildman–Crippen MR) is 39.2 cm³/mol. The maximum Gasteiger partial charge on any atom is 1.00 e. The van der Waals surface area contributed by atoms with Gasteiger partial charge in [-0.05, 0) is 18.2 Å². The standard InChI is InChI=1S/C6H8N2O.2ClH/c7-4-1-2-6(9)5(8)3-4;;/h1-3,9H,7-8H2;2*1H.